The second-order valence-electron chi connectivity index (χ2n) is 7.28. The number of unbranched alkanes of at least 4 members (excludes halogenated alkanes) is 1. The Morgan fingerprint density at radius 3 is 2.21 bits per heavy atom. The minimum Gasteiger partial charge on any atom is -0.356 e. The average molecular weight is 393 g/mol. The molecule has 1 N–H and O–H groups in total. The SMILES string of the molecule is CCCCNC(=O)CCn1c(=O)c(=O)n(Cc2ccc(C)cc2)c2ccccc21. The highest BCUT2D eigenvalue weighted by Crippen LogP contribution is 2.13. The van der Waals surface area contributed by atoms with Crippen molar-refractivity contribution in [2.75, 3.05) is 6.54 Å². The highest BCUT2D eigenvalue weighted by Gasteiger charge is 2.14. The number of nitrogens with zero attached hydrogens (tertiary/aromatic N) is 2. The van der Waals surface area contributed by atoms with Gasteiger partial charge in [0.05, 0.1) is 17.6 Å². The van der Waals surface area contributed by atoms with Crippen LogP contribution in [0.25, 0.3) is 11.0 Å². The highest BCUT2D eigenvalue weighted by atomic mass is 16.2. The van der Waals surface area contributed by atoms with Gasteiger partial charge >= 0.3 is 11.1 Å². The van der Waals surface area contributed by atoms with Crippen LogP contribution in [0.3, 0.4) is 0 Å². The molecule has 0 fully saturated rings. The van der Waals surface area contributed by atoms with Crippen LogP contribution < -0.4 is 16.4 Å². The number of benzene rings is 2. The second kappa shape index (κ2) is 9.37. The predicted octanol–water partition coefficient (Wildman–Crippen LogP) is 2.83. The molecule has 3 rings (SSSR count). The van der Waals surface area contributed by atoms with E-state index in [1.807, 2.05) is 55.5 Å². The number of aryl methyl sites for hydroxylation is 2. The first kappa shape index (κ1) is 20.6. The van der Waals surface area contributed by atoms with Crippen molar-refractivity contribution in [1.29, 1.82) is 0 Å². The third-order valence-corrected chi connectivity index (χ3v) is 5.01. The van der Waals surface area contributed by atoms with E-state index in [9.17, 15) is 14.4 Å². The fraction of sp³-hybridized carbons (Fsp3) is 0.348. The van der Waals surface area contributed by atoms with Gasteiger partial charge in [-0.2, -0.15) is 0 Å². The maximum Gasteiger partial charge on any atom is 0.317 e. The molecule has 0 saturated carbocycles. The van der Waals surface area contributed by atoms with Crippen LogP contribution in [0.2, 0.25) is 0 Å². The Balaban J connectivity index is 1.94. The third-order valence-electron chi connectivity index (χ3n) is 5.01. The van der Waals surface area contributed by atoms with Crippen LogP contribution in [-0.4, -0.2) is 21.6 Å². The monoisotopic (exact) mass is 393 g/mol. The van der Waals surface area contributed by atoms with Crippen LogP contribution in [0.1, 0.15) is 37.3 Å². The zero-order valence-corrected chi connectivity index (χ0v) is 17.0. The molecule has 0 atom stereocenters. The van der Waals surface area contributed by atoms with Gasteiger partial charge in [-0.15, -0.1) is 0 Å². The molecule has 6 heteroatoms. The summed E-state index contributed by atoms with van der Waals surface area (Å²) < 4.78 is 2.93. The predicted molar refractivity (Wildman–Crippen MR) is 115 cm³/mol. The van der Waals surface area contributed by atoms with Crippen LogP contribution in [0, 0.1) is 6.92 Å². The van der Waals surface area contributed by atoms with Crippen LogP contribution in [0.5, 0.6) is 0 Å². The van der Waals surface area contributed by atoms with Gasteiger partial charge in [-0.25, -0.2) is 0 Å². The quantitative estimate of drug-likeness (QED) is 0.472. The van der Waals surface area contributed by atoms with Gasteiger partial charge in [0.2, 0.25) is 5.91 Å². The summed E-state index contributed by atoms with van der Waals surface area (Å²) in [6, 6.07) is 15.2. The Hall–Kier alpha value is -3.15. The van der Waals surface area contributed by atoms with Gasteiger partial charge in [-0.05, 0) is 31.0 Å². The Bertz CT molecular complexity index is 1110. The van der Waals surface area contributed by atoms with E-state index in [1.165, 1.54) is 9.13 Å². The normalized spacial score (nSPS) is 11.0. The van der Waals surface area contributed by atoms with E-state index in [2.05, 4.69) is 12.2 Å². The molecular formula is C23H27N3O3. The first-order valence-electron chi connectivity index (χ1n) is 10.1. The number of carbonyl (C=O) groups excluding carboxylic acids is 1. The maximum atomic E-state index is 12.9. The smallest absolute Gasteiger partial charge is 0.317 e. The van der Waals surface area contributed by atoms with Crippen LogP contribution in [-0.2, 0) is 17.9 Å². The van der Waals surface area contributed by atoms with E-state index in [1.54, 1.807) is 0 Å². The third kappa shape index (κ3) is 4.83. The van der Waals surface area contributed by atoms with Crippen molar-refractivity contribution in [1.82, 2.24) is 14.5 Å². The van der Waals surface area contributed by atoms with E-state index in [0.717, 1.165) is 24.0 Å². The van der Waals surface area contributed by atoms with E-state index in [4.69, 9.17) is 0 Å². The Kier molecular flexibility index (Phi) is 6.65. The summed E-state index contributed by atoms with van der Waals surface area (Å²) in [4.78, 5) is 37.7. The van der Waals surface area contributed by atoms with Gasteiger partial charge in [0, 0.05) is 19.5 Å². The number of hydrogen-bond acceptors (Lipinski definition) is 3. The van der Waals surface area contributed by atoms with E-state index >= 15 is 0 Å². The lowest BCUT2D eigenvalue weighted by molar-refractivity contribution is -0.121. The van der Waals surface area contributed by atoms with Crippen molar-refractivity contribution in [2.24, 2.45) is 0 Å². The molecule has 1 heterocycles. The zero-order chi connectivity index (χ0) is 20.8. The minimum absolute atomic E-state index is 0.113. The van der Waals surface area contributed by atoms with E-state index < -0.39 is 11.1 Å². The molecule has 2 aromatic carbocycles. The Labute approximate surface area is 169 Å². The molecule has 152 valence electrons. The first-order valence-corrected chi connectivity index (χ1v) is 10.1. The summed E-state index contributed by atoms with van der Waals surface area (Å²) in [5.74, 6) is -0.113. The lowest BCUT2D eigenvalue weighted by atomic mass is 10.1. The van der Waals surface area contributed by atoms with Crippen molar-refractivity contribution in [3.8, 4) is 0 Å². The molecule has 0 spiro atoms. The summed E-state index contributed by atoms with van der Waals surface area (Å²) >= 11 is 0. The molecule has 0 aliphatic carbocycles. The summed E-state index contributed by atoms with van der Waals surface area (Å²) in [5, 5.41) is 2.85. The van der Waals surface area contributed by atoms with Crippen molar-refractivity contribution in [3.05, 3.63) is 80.4 Å². The van der Waals surface area contributed by atoms with Crippen LogP contribution >= 0.6 is 0 Å². The fourth-order valence-electron chi connectivity index (χ4n) is 3.33. The molecule has 3 aromatic rings. The van der Waals surface area contributed by atoms with Crippen molar-refractivity contribution in [3.63, 3.8) is 0 Å². The fourth-order valence-corrected chi connectivity index (χ4v) is 3.33. The molecule has 0 aliphatic heterocycles. The standard InChI is InChI=1S/C23H27N3O3/c1-3-4-14-24-21(27)13-15-25-19-7-5-6-8-20(19)26(23(29)22(25)28)16-18-11-9-17(2)10-12-18/h5-12H,3-4,13-16H2,1-2H3,(H,24,27). The van der Waals surface area contributed by atoms with Crippen molar-refractivity contribution in [2.45, 2.75) is 46.2 Å². The number of aromatic nitrogens is 2. The molecule has 0 radical (unpaired) electrons. The van der Waals surface area contributed by atoms with E-state index in [-0.39, 0.29) is 18.9 Å². The molecule has 0 unspecified atom stereocenters. The average Bonchev–Trinajstić information content (AvgIpc) is 2.73. The molecule has 0 aliphatic rings. The number of carbonyl (C=O) groups is 1. The number of amides is 1. The zero-order valence-electron chi connectivity index (χ0n) is 17.0. The summed E-state index contributed by atoms with van der Waals surface area (Å²) in [6.07, 6.45) is 2.09. The number of para-hydroxylation sites is 2. The van der Waals surface area contributed by atoms with E-state index in [0.29, 0.717) is 24.1 Å². The molecule has 1 amide bonds. The minimum atomic E-state index is -0.600. The number of nitrogens with one attached hydrogen (secondary N) is 1. The molecule has 6 nitrogen and oxygen atoms in total. The lowest BCUT2D eigenvalue weighted by Crippen LogP contribution is -2.42. The second-order valence-corrected chi connectivity index (χ2v) is 7.28. The van der Waals surface area contributed by atoms with Gasteiger partial charge < -0.3 is 9.88 Å². The van der Waals surface area contributed by atoms with Gasteiger partial charge in [-0.3, -0.25) is 19.0 Å². The topological polar surface area (TPSA) is 73.1 Å². The van der Waals surface area contributed by atoms with Crippen molar-refractivity contribution < 1.29 is 4.79 Å². The first-order chi connectivity index (χ1) is 14.0. The summed E-state index contributed by atoms with van der Waals surface area (Å²) in [7, 11) is 0. The largest absolute Gasteiger partial charge is 0.356 e. The number of fused-ring (bicyclic) bond motifs is 1. The van der Waals surface area contributed by atoms with Gasteiger partial charge in [0.1, 0.15) is 0 Å². The molecule has 1 aromatic heterocycles. The molecule has 29 heavy (non-hydrogen) atoms. The van der Waals surface area contributed by atoms with Crippen LogP contribution in [0.4, 0.5) is 0 Å². The van der Waals surface area contributed by atoms with Gasteiger partial charge in [0.15, 0.2) is 0 Å². The molecule has 0 saturated heterocycles. The number of hydrogen-bond donors (Lipinski definition) is 1. The summed E-state index contributed by atoms with van der Waals surface area (Å²) in [6.45, 7) is 5.20. The summed E-state index contributed by atoms with van der Waals surface area (Å²) in [5.41, 5.74) is 2.26. The number of rotatable bonds is 8. The Morgan fingerprint density at radius 1 is 0.931 bits per heavy atom. The Morgan fingerprint density at radius 2 is 1.55 bits per heavy atom. The highest BCUT2D eigenvalue weighted by molar-refractivity contribution is 5.77. The molecule has 0 bridgehead atoms. The van der Waals surface area contributed by atoms with Gasteiger partial charge in [0.25, 0.3) is 0 Å². The van der Waals surface area contributed by atoms with Crippen molar-refractivity contribution >= 4 is 16.9 Å². The van der Waals surface area contributed by atoms with Gasteiger partial charge in [-0.1, -0.05) is 55.3 Å². The lowest BCUT2D eigenvalue weighted by Gasteiger charge is -2.15. The molecular weight excluding hydrogens is 366 g/mol. The maximum absolute atomic E-state index is 12.9. The van der Waals surface area contributed by atoms with Crippen LogP contribution in [0.15, 0.2) is 58.1 Å².